The summed E-state index contributed by atoms with van der Waals surface area (Å²) in [6.45, 7) is 0.857. The molecule has 0 fully saturated rings. The molecule has 0 unspecified atom stereocenters. The van der Waals surface area contributed by atoms with E-state index in [2.05, 4.69) is 20.7 Å². The molecule has 122 valence electrons. The first-order valence-corrected chi connectivity index (χ1v) is 9.46. The van der Waals surface area contributed by atoms with Crippen molar-refractivity contribution >= 4 is 54.8 Å². The van der Waals surface area contributed by atoms with E-state index in [1.54, 1.807) is 12.1 Å². The molecule has 23 heavy (non-hydrogen) atoms. The summed E-state index contributed by atoms with van der Waals surface area (Å²) in [4.78, 5) is -0.0308. The first kappa shape index (κ1) is 16.7. The zero-order valence-corrected chi connectivity index (χ0v) is 15.4. The summed E-state index contributed by atoms with van der Waals surface area (Å²) in [5, 5.41) is 0.471. The highest BCUT2D eigenvalue weighted by Gasteiger charge is 2.20. The third-order valence-corrected chi connectivity index (χ3v) is 5.46. The average Bonchev–Trinajstić information content (AvgIpc) is 2.47. The van der Waals surface area contributed by atoms with E-state index in [0.29, 0.717) is 34.9 Å². The molecule has 0 bridgehead atoms. The fourth-order valence-corrected chi connectivity index (χ4v) is 4.38. The van der Waals surface area contributed by atoms with Crippen molar-refractivity contribution in [2.75, 3.05) is 17.9 Å². The Bertz CT molecular complexity index is 853. The van der Waals surface area contributed by atoms with Crippen molar-refractivity contribution in [2.45, 2.75) is 4.90 Å². The molecule has 1 N–H and O–H groups in total. The summed E-state index contributed by atoms with van der Waals surface area (Å²) in [5.41, 5.74) is 0.324. The lowest BCUT2D eigenvalue weighted by Crippen LogP contribution is -2.17. The standard InChI is InChI=1S/C14H10BrCl2NO4S/c15-11-6-13-14(22-2-1-21-13)7-12(11)18-23(19,20)10-4-8(16)3-9(17)5-10/h3-7,18H,1-2H2. The number of hydrogen-bond donors (Lipinski definition) is 1. The van der Waals surface area contributed by atoms with Crippen molar-refractivity contribution in [3.8, 4) is 11.5 Å². The van der Waals surface area contributed by atoms with Crippen LogP contribution in [-0.2, 0) is 10.0 Å². The molecular weight excluding hydrogens is 429 g/mol. The van der Waals surface area contributed by atoms with E-state index >= 15 is 0 Å². The topological polar surface area (TPSA) is 64.6 Å². The maximum Gasteiger partial charge on any atom is 0.262 e. The van der Waals surface area contributed by atoms with E-state index in [9.17, 15) is 8.42 Å². The maximum atomic E-state index is 12.5. The van der Waals surface area contributed by atoms with Gasteiger partial charge in [-0.15, -0.1) is 0 Å². The van der Waals surface area contributed by atoms with Crippen LogP contribution in [0.1, 0.15) is 0 Å². The van der Waals surface area contributed by atoms with Gasteiger partial charge in [0.15, 0.2) is 11.5 Å². The average molecular weight is 439 g/mol. The molecule has 0 aliphatic carbocycles. The zero-order chi connectivity index (χ0) is 16.6. The Morgan fingerprint density at radius 3 is 2.13 bits per heavy atom. The van der Waals surface area contributed by atoms with E-state index in [1.165, 1.54) is 18.2 Å². The van der Waals surface area contributed by atoms with Gasteiger partial charge in [-0.1, -0.05) is 23.2 Å². The normalized spacial score (nSPS) is 13.7. The van der Waals surface area contributed by atoms with E-state index in [1.807, 2.05) is 0 Å². The fraction of sp³-hybridized carbons (Fsp3) is 0.143. The van der Waals surface area contributed by atoms with Crippen LogP contribution < -0.4 is 14.2 Å². The van der Waals surface area contributed by atoms with Gasteiger partial charge in [0.2, 0.25) is 0 Å². The number of anilines is 1. The highest BCUT2D eigenvalue weighted by Crippen LogP contribution is 2.39. The molecule has 3 rings (SSSR count). The van der Waals surface area contributed by atoms with E-state index in [4.69, 9.17) is 32.7 Å². The molecule has 2 aromatic carbocycles. The van der Waals surface area contributed by atoms with Crippen molar-refractivity contribution in [1.29, 1.82) is 0 Å². The minimum absolute atomic E-state index is 0.0308. The molecule has 1 aliphatic rings. The van der Waals surface area contributed by atoms with Crippen LogP contribution in [0.5, 0.6) is 11.5 Å². The Hall–Kier alpha value is -1.15. The number of hydrogen-bond acceptors (Lipinski definition) is 4. The Morgan fingerprint density at radius 2 is 1.52 bits per heavy atom. The minimum Gasteiger partial charge on any atom is -0.486 e. The second kappa shape index (κ2) is 6.39. The van der Waals surface area contributed by atoms with Gasteiger partial charge in [-0.2, -0.15) is 0 Å². The number of ether oxygens (including phenoxy) is 2. The number of benzene rings is 2. The Morgan fingerprint density at radius 1 is 0.957 bits per heavy atom. The smallest absolute Gasteiger partial charge is 0.262 e. The maximum absolute atomic E-state index is 12.5. The van der Waals surface area contributed by atoms with E-state index < -0.39 is 10.0 Å². The summed E-state index contributed by atoms with van der Waals surface area (Å²) in [6, 6.07) is 7.31. The monoisotopic (exact) mass is 437 g/mol. The van der Waals surface area contributed by atoms with Crippen molar-refractivity contribution in [3.05, 3.63) is 44.8 Å². The second-order valence-corrected chi connectivity index (χ2v) is 8.10. The molecule has 1 heterocycles. The molecular formula is C14H10BrCl2NO4S. The van der Waals surface area contributed by atoms with Crippen LogP contribution in [0.15, 0.2) is 39.7 Å². The first-order valence-electron chi connectivity index (χ1n) is 6.43. The molecule has 9 heteroatoms. The highest BCUT2D eigenvalue weighted by atomic mass is 79.9. The van der Waals surface area contributed by atoms with Gasteiger partial charge in [-0.3, -0.25) is 4.72 Å². The molecule has 0 spiro atoms. The van der Waals surface area contributed by atoms with Crippen LogP contribution in [0.2, 0.25) is 10.0 Å². The SMILES string of the molecule is O=S(=O)(Nc1cc2c(cc1Br)OCCO2)c1cc(Cl)cc(Cl)c1. The van der Waals surface area contributed by atoms with Gasteiger partial charge in [-0.05, 0) is 34.1 Å². The third kappa shape index (κ3) is 3.68. The lowest BCUT2D eigenvalue weighted by molar-refractivity contribution is 0.171. The van der Waals surface area contributed by atoms with Crippen molar-refractivity contribution in [2.24, 2.45) is 0 Å². The van der Waals surface area contributed by atoms with Crippen molar-refractivity contribution in [1.82, 2.24) is 0 Å². The van der Waals surface area contributed by atoms with Gasteiger partial charge in [0.1, 0.15) is 13.2 Å². The predicted molar refractivity (Wildman–Crippen MR) is 92.4 cm³/mol. The Balaban J connectivity index is 1.97. The molecule has 0 saturated carbocycles. The summed E-state index contributed by atoms with van der Waals surface area (Å²) in [7, 11) is -3.85. The van der Waals surface area contributed by atoms with Crippen LogP contribution in [0.4, 0.5) is 5.69 Å². The number of nitrogens with one attached hydrogen (secondary N) is 1. The first-order chi connectivity index (χ1) is 10.8. The van der Waals surface area contributed by atoms with Crippen molar-refractivity contribution in [3.63, 3.8) is 0 Å². The quantitative estimate of drug-likeness (QED) is 0.774. The number of halogens is 3. The molecule has 1 aliphatic heterocycles. The van der Waals surface area contributed by atoms with Crippen LogP contribution in [0.3, 0.4) is 0 Å². The molecule has 0 saturated heterocycles. The number of sulfonamides is 1. The second-order valence-electron chi connectivity index (χ2n) is 4.69. The predicted octanol–water partition coefficient (Wildman–Crippen LogP) is 4.33. The summed E-state index contributed by atoms with van der Waals surface area (Å²) in [5.74, 6) is 1.03. The number of rotatable bonds is 3. The van der Waals surface area contributed by atoms with E-state index in [0.717, 1.165) is 0 Å². The van der Waals surface area contributed by atoms with Crippen LogP contribution in [0.25, 0.3) is 0 Å². The van der Waals surface area contributed by atoms with Gasteiger partial charge in [-0.25, -0.2) is 8.42 Å². The van der Waals surface area contributed by atoms with Gasteiger partial charge in [0, 0.05) is 26.7 Å². The van der Waals surface area contributed by atoms with Crippen LogP contribution in [0, 0.1) is 0 Å². The van der Waals surface area contributed by atoms with Crippen LogP contribution in [-0.4, -0.2) is 21.6 Å². The molecule has 5 nitrogen and oxygen atoms in total. The molecule has 0 amide bonds. The fourth-order valence-electron chi connectivity index (χ4n) is 2.03. The number of fused-ring (bicyclic) bond motifs is 1. The van der Waals surface area contributed by atoms with Gasteiger partial charge in [0.25, 0.3) is 10.0 Å². The van der Waals surface area contributed by atoms with Crippen LogP contribution >= 0.6 is 39.1 Å². The van der Waals surface area contributed by atoms with Gasteiger partial charge in [0.05, 0.1) is 10.6 Å². The van der Waals surface area contributed by atoms with E-state index in [-0.39, 0.29) is 14.9 Å². The van der Waals surface area contributed by atoms with Gasteiger partial charge >= 0.3 is 0 Å². The van der Waals surface area contributed by atoms with Gasteiger partial charge < -0.3 is 9.47 Å². The summed E-state index contributed by atoms with van der Waals surface area (Å²) in [6.07, 6.45) is 0. The largest absolute Gasteiger partial charge is 0.486 e. The summed E-state index contributed by atoms with van der Waals surface area (Å²) >= 11 is 15.0. The third-order valence-electron chi connectivity index (χ3n) is 3.02. The highest BCUT2D eigenvalue weighted by molar-refractivity contribution is 9.10. The molecule has 0 aromatic heterocycles. The lowest BCUT2D eigenvalue weighted by atomic mass is 10.2. The lowest BCUT2D eigenvalue weighted by Gasteiger charge is -2.20. The molecule has 2 aromatic rings. The minimum atomic E-state index is -3.85. The Kier molecular flexibility index (Phi) is 4.64. The molecule has 0 radical (unpaired) electrons. The Labute approximate surface area is 151 Å². The van der Waals surface area contributed by atoms with Crippen molar-refractivity contribution < 1.29 is 17.9 Å². The summed E-state index contributed by atoms with van der Waals surface area (Å²) < 4.78 is 38.9. The zero-order valence-electron chi connectivity index (χ0n) is 11.5. The molecule has 0 atom stereocenters.